The lowest BCUT2D eigenvalue weighted by Gasteiger charge is -2.14. The molecule has 0 unspecified atom stereocenters. The number of primary amides is 1. The second-order valence-corrected chi connectivity index (χ2v) is 7.84. The van der Waals surface area contributed by atoms with Crippen LogP contribution in [0.15, 0.2) is 52.6 Å². The Balaban J connectivity index is 2.27. The van der Waals surface area contributed by atoms with Crippen LogP contribution in [0, 0.1) is 0 Å². The number of nitrogens with zero attached hydrogens (tertiary/aromatic N) is 3. The molecule has 152 valence electrons. The third kappa shape index (κ3) is 5.65. The minimum atomic E-state index is -2.91. The first-order chi connectivity index (χ1) is 16.3. The molecular formula is C20H20Cl2N4O2S. The maximum absolute atomic E-state index is 11.3. The van der Waals surface area contributed by atoms with Gasteiger partial charge in [-0.3, -0.25) is 4.98 Å². The molecule has 0 aliphatic carbocycles. The van der Waals surface area contributed by atoms with Gasteiger partial charge in [-0.1, -0.05) is 48.7 Å². The Morgan fingerprint density at radius 1 is 1.28 bits per heavy atom. The van der Waals surface area contributed by atoms with Crippen molar-refractivity contribution in [2.75, 3.05) is 0 Å². The molecule has 0 aliphatic heterocycles. The molecule has 0 saturated heterocycles. The van der Waals surface area contributed by atoms with Crippen molar-refractivity contribution in [1.82, 2.24) is 14.5 Å². The highest BCUT2D eigenvalue weighted by molar-refractivity contribution is 7.99. The second kappa shape index (κ2) is 9.52. The van der Waals surface area contributed by atoms with Crippen LogP contribution in [0.2, 0.25) is 10.0 Å². The molecule has 2 heterocycles. The summed E-state index contributed by atoms with van der Waals surface area (Å²) in [6, 6.07) is 8.19. The van der Waals surface area contributed by atoms with Crippen molar-refractivity contribution < 1.29 is 17.8 Å². The molecule has 0 radical (unpaired) electrons. The maximum Gasteiger partial charge on any atom is 0.404 e. The Morgan fingerprint density at radius 2 is 1.97 bits per heavy atom. The van der Waals surface area contributed by atoms with E-state index in [2.05, 4.69) is 9.97 Å². The Labute approximate surface area is 191 Å². The molecule has 0 aliphatic rings. The summed E-state index contributed by atoms with van der Waals surface area (Å²) in [5, 5.41) is 0.893. The van der Waals surface area contributed by atoms with Gasteiger partial charge in [-0.25, -0.2) is 9.78 Å². The Kier molecular flexibility index (Phi) is 4.83. The first kappa shape index (κ1) is 14.7. The number of hydrogen-bond donors (Lipinski definition) is 1. The van der Waals surface area contributed by atoms with Gasteiger partial charge in [-0.05, 0) is 41.8 Å². The Hall–Kier alpha value is -2.22. The summed E-state index contributed by atoms with van der Waals surface area (Å²) >= 11 is 13.3. The van der Waals surface area contributed by atoms with Crippen molar-refractivity contribution >= 4 is 41.1 Å². The molecule has 0 fully saturated rings. The Bertz CT molecular complexity index is 1170. The fourth-order valence-electron chi connectivity index (χ4n) is 2.58. The van der Waals surface area contributed by atoms with E-state index in [1.807, 2.05) is 0 Å². The number of nitrogens with two attached hydrogens (primary N) is 1. The molecule has 0 atom stereocenters. The van der Waals surface area contributed by atoms with Gasteiger partial charge in [-0.2, -0.15) is 0 Å². The molecule has 3 aromatic rings. The Morgan fingerprint density at radius 3 is 2.59 bits per heavy atom. The molecule has 0 bridgehead atoms. The fraction of sp³-hybridized carbons (Fsp3) is 0.250. The van der Waals surface area contributed by atoms with Gasteiger partial charge in [0.25, 0.3) is 0 Å². The van der Waals surface area contributed by atoms with Crippen molar-refractivity contribution in [3.8, 4) is 0 Å². The van der Waals surface area contributed by atoms with Crippen LogP contribution in [0.4, 0.5) is 4.79 Å². The van der Waals surface area contributed by atoms with Crippen LogP contribution in [-0.2, 0) is 17.9 Å². The van der Waals surface area contributed by atoms with Gasteiger partial charge in [-0.15, -0.1) is 0 Å². The van der Waals surface area contributed by atoms with E-state index < -0.39 is 32.3 Å². The van der Waals surface area contributed by atoms with Gasteiger partial charge in [0.05, 0.1) is 12.2 Å². The van der Waals surface area contributed by atoms with E-state index in [4.69, 9.17) is 41.9 Å². The highest BCUT2D eigenvalue weighted by Crippen LogP contribution is 2.37. The molecule has 6 nitrogen and oxygen atoms in total. The van der Waals surface area contributed by atoms with Crippen LogP contribution < -0.4 is 5.73 Å². The first-order valence-electron chi connectivity index (χ1n) is 11.3. The van der Waals surface area contributed by atoms with Gasteiger partial charge >= 0.3 is 6.09 Å². The molecular weight excluding hydrogens is 431 g/mol. The standard InChI is InChI=1S/C20H20Cl2N4O2S/c1-12(2)18-19(29-16-8-14(21)7-15(22)9-16)26(10-13-3-5-24-6-4-13)17(25-18)11-28-20(23)27/h3-9,12H,10-11H2,1-2H3,(H2,23,27)/i1D3,2D3. The number of rotatable bonds is 7. The number of imidazole rings is 1. The highest BCUT2D eigenvalue weighted by Gasteiger charge is 2.22. The van der Waals surface area contributed by atoms with Crippen molar-refractivity contribution in [2.45, 2.75) is 42.7 Å². The van der Waals surface area contributed by atoms with Crippen LogP contribution >= 0.6 is 35.0 Å². The van der Waals surface area contributed by atoms with Gasteiger partial charge in [0, 0.05) is 35.6 Å². The van der Waals surface area contributed by atoms with Crippen LogP contribution in [0.1, 0.15) is 44.9 Å². The lowest BCUT2D eigenvalue weighted by atomic mass is 10.1. The summed E-state index contributed by atoms with van der Waals surface area (Å²) in [6.45, 7) is -6.08. The molecule has 1 amide bonds. The maximum atomic E-state index is 11.3. The molecule has 1 aromatic carbocycles. The predicted octanol–water partition coefficient (Wildman–Crippen LogP) is 5.50. The number of benzene rings is 1. The fourth-order valence-corrected chi connectivity index (χ4v) is 4.38. The monoisotopic (exact) mass is 456 g/mol. The number of aromatic nitrogens is 3. The molecule has 0 spiro atoms. The van der Waals surface area contributed by atoms with E-state index in [1.165, 1.54) is 6.07 Å². The van der Waals surface area contributed by atoms with Gasteiger partial charge < -0.3 is 15.0 Å². The predicted molar refractivity (Wildman–Crippen MR) is 115 cm³/mol. The number of carbonyl (C=O) groups is 1. The largest absolute Gasteiger partial charge is 0.442 e. The van der Waals surface area contributed by atoms with Gasteiger partial charge in [0.2, 0.25) is 0 Å². The summed E-state index contributed by atoms with van der Waals surface area (Å²) in [5.41, 5.74) is 5.69. The summed E-state index contributed by atoms with van der Waals surface area (Å²) in [5.74, 6) is -1.80. The molecule has 9 heteroatoms. The van der Waals surface area contributed by atoms with Crippen molar-refractivity contribution in [3.05, 3.63) is 69.9 Å². The first-order valence-corrected chi connectivity index (χ1v) is 9.87. The van der Waals surface area contributed by atoms with Crippen LogP contribution in [0.3, 0.4) is 0 Å². The highest BCUT2D eigenvalue weighted by atomic mass is 35.5. The van der Waals surface area contributed by atoms with E-state index in [-0.39, 0.29) is 23.1 Å². The number of hydrogen-bond acceptors (Lipinski definition) is 5. The van der Waals surface area contributed by atoms with Crippen LogP contribution in [0.25, 0.3) is 0 Å². The lowest BCUT2D eigenvalue weighted by Crippen LogP contribution is -2.15. The quantitative estimate of drug-likeness (QED) is 0.506. The van der Waals surface area contributed by atoms with E-state index in [9.17, 15) is 4.79 Å². The van der Waals surface area contributed by atoms with Gasteiger partial charge in [0.1, 0.15) is 10.9 Å². The van der Waals surface area contributed by atoms with Crippen LogP contribution in [0.5, 0.6) is 0 Å². The van der Waals surface area contributed by atoms with Crippen molar-refractivity contribution in [3.63, 3.8) is 0 Å². The average Bonchev–Trinajstić information content (AvgIpc) is 3.01. The molecule has 2 N–H and O–H groups in total. The summed E-state index contributed by atoms with van der Waals surface area (Å²) in [6.07, 6.45) is 2.08. The summed E-state index contributed by atoms with van der Waals surface area (Å²) in [4.78, 5) is 20.2. The van der Waals surface area contributed by atoms with Crippen LogP contribution in [-0.4, -0.2) is 20.6 Å². The normalized spacial score (nSPS) is 15.0. The topological polar surface area (TPSA) is 83.0 Å². The van der Waals surface area contributed by atoms with Gasteiger partial charge in [0.15, 0.2) is 6.61 Å². The third-order valence-electron chi connectivity index (χ3n) is 3.78. The number of halogens is 2. The molecule has 29 heavy (non-hydrogen) atoms. The number of pyridine rings is 1. The minimum absolute atomic E-state index is 0.115. The number of carbonyl (C=O) groups excluding carboxylic acids is 1. The average molecular weight is 457 g/mol. The second-order valence-electron chi connectivity index (χ2n) is 5.91. The number of ether oxygens (including phenoxy) is 1. The smallest absolute Gasteiger partial charge is 0.404 e. The third-order valence-corrected chi connectivity index (χ3v) is 5.31. The molecule has 0 saturated carbocycles. The zero-order valence-corrected chi connectivity index (χ0v) is 17.3. The summed E-state index contributed by atoms with van der Waals surface area (Å²) in [7, 11) is 0. The number of amides is 1. The van der Waals surface area contributed by atoms with E-state index in [1.54, 1.807) is 41.2 Å². The lowest BCUT2D eigenvalue weighted by molar-refractivity contribution is 0.145. The SMILES string of the molecule is [2H]C([2H])([2H])C(c1nc(COC(N)=O)n(Cc2ccncc2)c1Sc1cc(Cl)cc(Cl)c1)C([2H])([2H])[2H]. The van der Waals surface area contributed by atoms with E-state index in [0.717, 1.165) is 17.3 Å². The van der Waals surface area contributed by atoms with Crippen molar-refractivity contribution in [1.29, 1.82) is 0 Å². The zero-order valence-electron chi connectivity index (χ0n) is 20.9. The van der Waals surface area contributed by atoms with E-state index in [0.29, 0.717) is 14.9 Å². The summed E-state index contributed by atoms with van der Waals surface area (Å²) < 4.78 is 54.2. The zero-order chi connectivity index (χ0) is 26.0. The minimum Gasteiger partial charge on any atom is -0.442 e. The van der Waals surface area contributed by atoms with Crippen molar-refractivity contribution in [2.24, 2.45) is 5.73 Å². The molecule has 3 rings (SSSR count). The molecule has 2 aromatic heterocycles. The van der Waals surface area contributed by atoms with E-state index >= 15 is 0 Å².